The lowest BCUT2D eigenvalue weighted by Gasteiger charge is -2.19. The lowest BCUT2D eigenvalue weighted by molar-refractivity contribution is 0.0557. The van der Waals surface area contributed by atoms with E-state index < -0.39 is 5.60 Å². The number of aliphatic hydroxyl groups is 1. The van der Waals surface area contributed by atoms with Crippen molar-refractivity contribution in [3.63, 3.8) is 0 Å². The molecule has 0 spiro atoms. The average molecular weight is 138 g/mol. The van der Waals surface area contributed by atoms with Gasteiger partial charge in [-0.3, -0.25) is 0 Å². The van der Waals surface area contributed by atoms with E-state index in [0.717, 1.165) is 0 Å². The number of hydrogen-bond donors (Lipinski definition) is 1. The highest BCUT2D eigenvalue weighted by Crippen LogP contribution is 2.15. The maximum atomic E-state index is 9.48. The third kappa shape index (κ3) is 4.17. The summed E-state index contributed by atoms with van der Waals surface area (Å²) in [7, 11) is 0. The zero-order valence-corrected chi connectivity index (χ0v) is 6.43. The molecule has 0 fully saturated rings. The van der Waals surface area contributed by atoms with E-state index in [1.54, 1.807) is 13.0 Å². The van der Waals surface area contributed by atoms with Crippen LogP contribution in [0, 0.1) is 12.3 Å². The fourth-order valence-corrected chi connectivity index (χ4v) is 0.754. The van der Waals surface area contributed by atoms with E-state index in [9.17, 15) is 5.11 Å². The van der Waals surface area contributed by atoms with Crippen LogP contribution in [0.2, 0.25) is 0 Å². The van der Waals surface area contributed by atoms with Gasteiger partial charge in [-0.15, -0.1) is 18.9 Å². The van der Waals surface area contributed by atoms with Crippen LogP contribution >= 0.6 is 0 Å². The van der Waals surface area contributed by atoms with Gasteiger partial charge in [-0.2, -0.15) is 0 Å². The van der Waals surface area contributed by atoms with Crippen molar-refractivity contribution in [1.82, 2.24) is 0 Å². The van der Waals surface area contributed by atoms with Crippen LogP contribution in [0.1, 0.15) is 26.2 Å². The second-order valence-electron chi connectivity index (χ2n) is 2.69. The predicted octanol–water partition coefficient (Wildman–Crippen LogP) is 1.73. The normalized spacial score (nSPS) is 15.3. The summed E-state index contributed by atoms with van der Waals surface area (Å²) >= 11 is 0. The Kier molecular flexibility index (Phi) is 3.83. The van der Waals surface area contributed by atoms with Gasteiger partial charge in [0.05, 0.1) is 5.60 Å². The third-order valence-electron chi connectivity index (χ3n) is 1.39. The van der Waals surface area contributed by atoms with Crippen LogP contribution in [0.25, 0.3) is 0 Å². The van der Waals surface area contributed by atoms with Crippen LogP contribution in [-0.4, -0.2) is 10.7 Å². The number of rotatable bonds is 4. The first kappa shape index (κ1) is 9.26. The highest BCUT2D eigenvalue weighted by Gasteiger charge is 2.16. The Labute approximate surface area is 62.8 Å². The van der Waals surface area contributed by atoms with Crippen LogP contribution in [0.15, 0.2) is 12.7 Å². The maximum Gasteiger partial charge on any atom is 0.0663 e. The summed E-state index contributed by atoms with van der Waals surface area (Å²) in [6.45, 7) is 5.31. The van der Waals surface area contributed by atoms with Gasteiger partial charge in [0.2, 0.25) is 0 Å². The zero-order valence-electron chi connectivity index (χ0n) is 6.43. The van der Waals surface area contributed by atoms with E-state index in [1.807, 2.05) is 0 Å². The van der Waals surface area contributed by atoms with Gasteiger partial charge in [0.15, 0.2) is 0 Å². The van der Waals surface area contributed by atoms with Gasteiger partial charge in [-0.1, -0.05) is 6.08 Å². The fourth-order valence-electron chi connectivity index (χ4n) is 0.754. The molecule has 0 rings (SSSR count). The molecule has 0 aromatic rings. The molecule has 0 heterocycles. The Bertz CT molecular complexity index is 139. The highest BCUT2D eigenvalue weighted by molar-refractivity contribution is 4.90. The molecule has 0 aliphatic carbocycles. The summed E-state index contributed by atoms with van der Waals surface area (Å²) in [6.07, 6.45) is 8.63. The molecule has 1 nitrogen and oxygen atoms in total. The first-order valence-corrected chi connectivity index (χ1v) is 3.39. The van der Waals surface area contributed by atoms with E-state index >= 15 is 0 Å². The summed E-state index contributed by atoms with van der Waals surface area (Å²) < 4.78 is 0. The average Bonchev–Trinajstić information content (AvgIpc) is 1.84. The Balaban J connectivity index is 3.64. The number of terminal acetylenes is 1. The van der Waals surface area contributed by atoms with Crippen molar-refractivity contribution in [2.45, 2.75) is 31.8 Å². The van der Waals surface area contributed by atoms with E-state index in [-0.39, 0.29) is 0 Å². The largest absolute Gasteiger partial charge is 0.390 e. The van der Waals surface area contributed by atoms with Crippen molar-refractivity contribution in [1.29, 1.82) is 0 Å². The van der Waals surface area contributed by atoms with Crippen LogP contribution < -0.4 is 0 Å². The summed E-state index contributed by atoms with van der Waals surface area (Å²) in [4.78, 5) is 0. The van der Waals surface area contributed by atoms with Gasteiger partial charge >= 0.3 is 0 Å². The summed E-state index contributed by atoms with van der Waals surface area (Å²) in [6, 6.07) is 0. The van der Waals surface area contributed by atoms with E-state index in [1.165, 1.54) is 0 Å². The molecule has 10 heavy (non-hydrogen) atoms. The van der Waals surface area contributed by atoms with Crippen molar-refractivity contribution >= 4 is 0 Å². The SMILES string of the molecule is C#CCCC(C)(O)CC=C. The molecule has 56 valence electrons. The van der Waals surface area contributed by atoms with Crippen LogP contribution in [0.3, 0.4) is 0 Å². The van der Waals surface area contributed by atoms with Crippen LogP contribution in [0.5, 0.6) is 0 Å². The van der Waals surface area contributed by atoms with E-state index in [4.69, 9.17) is 6.42 Å². The highest BCUT2D eigenvalue weighted by atomic mass is 16.3. The minimum Gasteiger partial charge on any atom is -0.390 e. The van der Waals surface area contributed by atoms with Crippen molar-refractivity contribution < 1.29 is 5.11 Å². The Hall–Kier alpha value is -0.740. The quantitative estimate of drug-likeness (QED) is 0.463. The monoisotopic (exact) mass is 138 g/mol. The van der Waals surface area contributed by atoms with Crippen molar-refractivity contribution in [2.75, 3.05) is 0 Å². The van der Waals surface area contributed by atoms with E-state index in [2.05, 4.69) is 12.5 Å². The molecule has 1 N–H and O–H groups in total. The Morgan fingerprint density at radius 1 is 1.80 bits per heavy atom. The van der Waals surface area contributed by atoms with Gasteiger partial charge in [-0.25, -0.2) is 0 Å². The predicted molar refractivity (Wildman–Crippen MR) is 43.5 cm³/mol. The second kappa shape index (κ2) is 4.14. The van der Waals surface area contributed by atoms with E-state index in [0.29, 0.717) is 19.3 Å². The Morgan fingerprint density at radius 3 is 2.80 bits per heavy atom. The molecule has 1 atom stereocenters. The molecule has 0 saturated heterocycles. The molecule has 1 unspecified atom stereocenters. The van der Waals surface area contributed by atoms with Crippen LogP contribution in [-0.2, 0) is 0 Å². The van der Waals surface area contributed by atoms with Gasteiger partial charge in [0, 0.05) is 6.42 Å². The molecule has 0 bridgehead atoms. The molecule has 0 saturated carbocycles. The summed E-state index contributed by atoms with van der Waals surface area (Å²) in [5.74, 6) is 2.49. The van der Waals surface area contributed by atoms with Crippen molar-refractivity contribution in [2.24, 2.45) is 0 Å². The molecule has 0 aromatic carbocycles. The molecule has 0 aliphatic rings. The molecule has 0 radical (unpaired) electrons. The Morgan fingerprint density at radius 2 is 2.40 bits per heavy atom. The molecular weight excluding hydrogens is 124 g/mol. The minimum absolute atomic E-state index is 0.606. The maximum absolute atomic E-state index is 9.48. The zero-order chi connectivity index (χ0) is 8.04. The number of hydrogen-bond acceptors (Lipinski definition) is 1. The fraction of sp³-hybridized carbons (Fsp3) is 0.556. The first-order valence-electron chi connectivity index (χ1n) is 3.39. The van der Waals surface area contributed by atoms with Crippen LogP contribution in [0.4, 0.5) is 0 Å². The van der Waals surface area contributed by atoms with Gasteiger partial charge in [0.1, 0.15) is 0 Å². The first-order chi connectivity index (χ1) is 4.62. The van der Waals surface area contributed by atoms with Gasteiger partial charge in [-0.05, 0) is 19.8 Å². The second-order valence-corrected chi connectivity index (χ2v) is 2.69. The lowest BCUT2D eigenvalue weighted by atomic mass is 9.97. The van der Waals surface area contributed by atoms with Gasteiger partial charge < -0.3 is 5.11 Å². The molecule has 0 aliphatic heterocycles. The topological polar surface area (TPSA) is 20.2 Å². The van der Waals surface area contributed by atoms with Crippen molar-refractivity contribution in [3.05, 3.63) is 12.7 Å². The summed E-state index contributed by atoms with van der Waals surface area (Å²) in [5.41, 5.74) is -0.659. The smallest absolute Gasteiger partial charge is 0.0663 e. The summed E-state index contributed by atoms with van der Waals surface area (Å²) in [5, 5.41) is 9.48. The standard InChI is InChI=1S/C9H14O/c1-4-6-8-9(3,10)7-5-2/h1,5,10H,2,6-8H2,3H3. The third-order valence-corrected chi connectivity index (χ3v) is 1.39. The molecular formula is C9H14O. The molecule has 0 aromatic heterocycles. The lowest BCUT2D eigenvalue weighted by Crippen LogP contribution is -2.22. The van der Waals surface area contributed by atoms with Gasteiger partial charge in [0.25, 0.3) is 0 Å². The molecule has 0 amide bonds. The molecule has 1 heteroatoms. The van der Waals surface area contributed by atoms with Crippen molar-refractivity contribution in [3.8, 4) is 12.3 Å². The minimum atomic E-state index is -0.659.